The molecule has 1 amide bonds. The van der Waals surface area contributed by atoms with Gasteiger partial charge in [0.05, 0.1) is 28.2 Å². The molecule has 3 rings (SSSR count). The summed E-state index contributed by atoms with van der Waals surface area (Å²) in [4.78, 5) is 18.8. The number of carbonyl (C=O) groups is 1. The van der Waals surface area contributed by atoms with Crippen LogP contribution >= 0.6 is 23.2 Å². The van der Waals surface area contributed by atoms with Crippen LogP contribution in [0.15, 0.2) is 36.7 Å². The van der Waals surface area contributed by atoms with E-state index < -0.39 is 0 Å². The minimum atomic E-state index is 0.0373. The summed E-state index contributed by atoms with van der Waals surface area (Å²) in [5, 5.41) is 4.28. The van der Waals surface area contributed by atoms with Crippen molar-refractivity contribution in [2.75, 3.05) is 18.4 Å². The van der Waals surface area contributed by atoms with Gasteiger partial charge in [0, 0.05) is 24.3 Å². The van der Waals surface area contributed by atoms with Gasteiger partial charge in [0.2, 0.25) is 0 Å². The summed E-state index contributed by atoms with van der Waals surface area (Å²) in [6, 6.07) is 7.04. The first-order valence-electron chi connectivity index (χ1n) is 8.10. The van der Waals surface area contributed by atoms with Crippen LogP contribution in [0.4, 0.5) is 11.4 Å². The van der Waals surface area contributed by atoms with Gasteiger partial charge in [-0.25, -0.2) is 0 Å². The average molecular weight is 364 g/mol. The van der Waals surface area contributed by atoms with Crippen LogP contribution in [0.25, 0.3) is 0 Å². The fraction of sp³-hybridized carbons (Fsp3) is 0.333. The van der Waals surface area contributed by atoms with Crippen molar-refractivity contribution in [3.63, 3.8) is 0 Å². The summed E-state index contributed by atoms with van der Waals surface area (Å²) in [5.41, 5.74) is 2.04. The molecule has 0 spiro atoms. The zero-order valence-electron chi connectivity index (χ0n) is 13.3. The predicted molar refractivity (Wildman–Crippen MR) is 98.4 cm³/mol. The number of aromatic nitrogens is 1. The summed E-state index contributed by atoms with van der Waals surface area (Å²) < 4.78 is 0. The third-order valence-corrected chi connectivity index (χ3v) is 4.64. The number of anilines is 2. The summed E-state index contributed by atoms with van der Waals surface area (Å²) >= 11 is 12.1. The van der Waals surface area contributed by atoms with Crippen LogP contribution in [0.2, 0.25) is 10.0 Å². The maximum atomic E-state index is 12.7. The lowest BCUT2D eigenvalue weighted by Crippen LogP contribution is -2.31. The number of carbonyl (C=O) groups excluding carboxylic acids is 1. The van der Waals surface area contributed by atoms with E-state index in [4.69, 9.17) is 23.2 Å². The zero-order valence-corrected chi connectivity index (χ0v) is 14.8. The number of halogens is 2. The third kappa shape index (κ3) is 4.19. The van der Waals surface area contributed by atoms with Crippen molar-refractivity contribution >= 4 is 40.5 Å². The number of pyridine rings is 1. The molecule has 6 heteroatoms. The van der Waals surface area contributed by atoms with Gasteiger partial charge in [0.15, 0.2) is 0 Å². The number of nitrogens with one attached hydrogen (secondary N) is 1. The quantitative estimate of drug-likeness (QED) is 0.819. The van der Waals surface area contributed by atoms with Gasteiger partial charge in [-0.15, -0.1) is 0 Å². The fourth-order valence-electron chi connectivity index (χ4n) is 2.83. The Balaban J connectivity index is 1.77. The number of hydrogen-bond acceptors (Lipinski definition) is 3. The minimum absolute atomic E-state index is 0.0373. The van der Waals surface area contributed by atoms with E-state index in [9.17, 15) is 4.79 Å². The fourth-order valence-corrected chi connectivity index (χ4v) is 3.28. The molecule has 1 aromatic heterocycles. The number of benzene rings is 1. The van der Waals surface area contributed by atoms with E-state index in [1.807, 2.05) is 11.0 Å². The molecule has 0 atom stereocenters. The molecule has 1 aliphatic heterocycles. The van der Waals surface area contributed by atoms with Gasteiger partial charge in [-0.1, -0.05) is 36.0 Å². The number of amides is 1. The SMILES string of the molecule is O=C(c1cncc(Nc2ccc(Cl)cc2Cl)c1)N1CCCCCC1. The Morgan fingerprint density at radius 2 is 1.79 bits per heavy atom. The Kier molecular flexibility index (Phi) is 5.59. The van der Waals surface area contributed by atoms with Gasteiger partial charge >= 0.3 is 0 Å². The lowest BCUT2D eigenvalue weighted by molar-refractivity contribution is 0.0761. The molecular weight excluding hydrogens is 345 g/mol. The van der Waals surface area contributed by atoms with Crippen LogP contribution in [0, 0.1) is 0 Å². The Labute approximate surface area is 151 Å². The van der Waals surface area contributed by atoms with E-state index in [1.165, 1.54) is 12.8 Å². The van der Waals surface area contributed by atoms with Gasteiger partial charge in [-0.05, 0) is 37.1 Å². The maximum Gasteiger partial charge on any atom is 0.255 e. The molecule has 24 heavy (non-hydrogen) atoms. The van der Waals surface area contributed by atoms with Crippen molar-refractivity contribution in [2.24, 2.45) is 0 Å². The highest BCUT2D eigenvalue weighted by Gasteiger charge is 2.18. The highest BCUT2D eigenvalue weighted by Crippen LogP contribution is 2.28. The van der Waals surface area contributed by atoms with E-state index in [2.05, 4.69) is 10.3 Å². The molecule has 1 aromatic carbocycles. The van der Waals surface area contributed by atoms with Crippen LogP contribution in [0.1, 0.15) is 36.0 Å². The second-order valence-corrected chi connectivity index (χ2v) is 6.76. The van der Waals surface area contributed by atoms with Crippen molar-refractivity contribution in [2.45, 2.75) is 25.7 Å². The summed E-state index contributed by atoms with van der Waals surface area (Å²) in [6.07, 6.45) is 7.80. The van der Waals surface area contributed by atoms with Crippen molar-refractivity contribution in [3.8, 4) is 0 Å². The minimum Gasteiger partial charge on any atom is -0.353 e. The Hall–Kier alpha value is -1.78. The lowest BCUT2D eigenvalue weighted by atomic mass is 10.2. The molecular formula is C18H19Cl2N3O. The topological polar surface area (TPSA) is 45.2 Å². The molecule has 0 saturated carbocycles. The maximum absolute atomic E-state index is 12.7. The highest BCUT2D eigenvalue weighted by molar-refractivity contribution is 6.36. The van der Waals surface area contributed by atoms with Crippen LogP contribution in [0.5, 0.6) is 0 Å². The normalized spacial score (nSPS) is 15.0. The smallest absolute Gasteiger partial charge is 0.255 e. The van der Waals surface area contributed by atoms with E-state index in [-0.39, 0.29) is 5.91 Å². The van der Waals surface area contributed by atoms with Gasteiger partial charge in [-0.3, -0.25) is 9.78 Å². The lowest BCUT2D eigenvalue weighted by Gasteiger charge is -2.20. The monoisotopic (exact) mass is 363 g/mol. The first-order valence-corrected chi connectivity index (χ1v) is 8.85. The molecule has 126 valence electrons. The van der Waals surface area contributed by atoms with E-state index >= 15 is 0 Å². The van der Waals surface area contributed by atoms with Crippen molar-refractivity contribution in [3.05, 3.63) is 52.3 Å². The molecule has 1 aliphatic rings. The van der Waals surface area contributed by atoms with Crippen molar-refractivity contribution in [1.29, 1.82) is 0 Å². The number of likely N-dealkylation sites (tertiary alicyclic amines) is 1. The van der Waals surface area contributed by atoms with Crippen molar-refractivity contribution < 1.29 is 4.79 Å². The zero-order chi connectivity index (χ0) is 16.9. The molecule has 2 aromatic rings. The predicted octanol–water partition coefficient (Wildman–Crippen LogP) is 5.15. The number of nitrogens with zero attached hydrogens (tertiary/aromatic N) is 2. The molecule has 0 unspecified atom stereocenters. The van der Waals surface area contributed by atoms with E-state index in [0.717, 1.165) is 37.3 Å². The van der Waals surface area contributed by atoms with E-state index in [0.29, 0.717) is 15.6 Å². The standard InChI is InChI=1S/C18H19Cl2N3O/c19-14-5-6-17(16(20)10-14)22-15-9-13(11-21-12-15)18(24)23-7-3-1-2-4-8-23/h5-6,9-12,22H,1-4,7-8H2. The van der Waals surface area contributed by atoms with Crippen LogP contribution in [-0.4, -0.2) is 28.9 Å². The van der Waals surface area contributed by atoms with Crippen LogP contribution in [-0.2, 0) is 0 Å². The molecule has 1 saturated heterocycles. The summed E-state index contributed by atoms with van der Waals surface area (Å²) in [6.45, 7) is 1.64. The largest absolute Gasteiger partial charge is 0.353 e. The van der Waals surface area contributed by atoms with Gasteiger partial charge in [0.1, 0.15) is 0 Å². The molecule has 2 heterocycles. The second-order valence-electron chi connectivity index (χ2n) is 5.92. The molecule has 1 fully saturated rings. The molecule has 1 N–H and O–H groups in total. The summed E-state index contributed by atoms with van der Waals surface area (Å²) in [5.74, 6) is 0.0373. The Bertz CT molecular complexity index is 728. The first-order chi connectivity index (χ1) is 11.6. The Morgan fingerprint density at radius 1 is 1.04 bits per heavy atom. The van der Waals surface area contributed by atoms with Gasteiger partial charge in [0.25, 0.3) is 5.91 Å². The number of hydrogen-bond donors (Lipinski definition) is 1. The average Bonchev–Trinajstić information content (AvgIpc) is 2.86. The second kappa shape index (κ2) is 7.86. The van der Waals surface area contributed by atoms with Gasteiger partial charge in [-0.2, -0.15) is 0 Å². The first kappa shape index (κ1) is 17.1. The molecule has 4 nitrogen and oxygen atoms in total. The van der Waals surface area contributed by atoms with Crippen molar-refractivity contribution in [1.82, 2.24) is 9.88 Å². The summed E-state index contributed by atoms with van der Waals surface area (Å²) in [7, 11) is 0. The van der Waals surface area contributed by atoms with Crippen LogP contribution < -0.4 is 5.32 Å². The highest BCUT2D eigenvalue weighted by atomic mass is 35.5. The Morgan fingerprint density at radius 3 is 2.50 bits per heavy atom. The van der Waals surface area contributed by atoms with Gasteiger partial charge < -0.3 is 10.2 Å². The molecule has 0 bridgehead atoms. The van der Waals surface area contributed by atoms with Crippen LogP contribution in [0.3, 0.4) is 0 Å². The molecule has 0 radical (unpaired) electrons. The third-order valence-electron chi connectivity index (χ3n) is 4.09. The number of rotatable bonds is 3. The van der Waals surface area contributed by atoms with E-state index in [1.54, 1.807) is 30.6 Å². The molecule has 0 aliphatic carbocycles.